The van der Waals surface area contributed by atoms with Crippen molar-refractivity contribution in [2.24, 2.45) is 7.05 Å². The zero-order valence-electron chi connectivity index (χ0n) is 19.6. The summed E-state index contributed by atoms with van der Waals surface area (Å²) in [5, 5.41) is 3.12. The van der Waals surface area contributed by atoms with E-state index in [9.17, 15) is 4.79 Å². The van der Waals surface area contributed by atoms with E-state index >= 15 is 0 Å². The Bertz CT molecular complexity index is 1190. The lowest BCUT2D eigenvalue weighted by atomic mass is 10.0. The van der Waals surface area contributed by atoms with Gasteiger partial charge in [-0.25, -0.2) is 9.97 Å². The zero-order valence-corrected chi connectivity index (χ0v) is 20.4. The molecule has 0 aliphatic carbocycles. The van der Waals surface area contributed by atoms with Crippen LogP contribution in [0.3, 0.4) is 0 Å². The fraction of sp³-hybridized carbons (Fsp3) is 0.360. The van der Waals surface area contributed by atoms with Crippen LogP contribution in [-0.2, 0) is 20.0 Å². The van der Waals surface area contributed by atoms with Crippen molar-refractivity contribution in [1.29, 1.82) is 0 Å². The monoisotopic (exact) mass is 449 g/mol. The minimum absolute atomic E-state index is 0.0764. The Balaban J connectivity index is 0.000000913. The Morgan fingerprint density at radius 2 is 2.06 bits per heavy atom. The highest BCUT2D eigenvalue weighted by Gasteiger charge is 2.20. The molecule has 1 aliphatic heterocycles. The van der Waals surface area contributed by atoms with Crippen molar-refractivity contribution in [3.8, 4) is 11.3 Å². The molecule has 3 aromatic rings. The molecule has 0 saturated carbocycles. The van der Waals surface area contributed by atoms with Gasteiger partial charge in [-0.05, 0) is 37.1 Å². The molecular weight excluding hydrogens is 418 g/mol. The molecule has 0 bridgehead atoms. The second-order valence-corrected chi connectivity index (χ2v) is 9.00. The minimum Gasteiger partial charge on any atom is -0.367 e. The van der Waals surface area contributed by atoms with Gasteiger partial charge in [0.05, 0.1) is 10.7 Å². The number of aromatic nitrogens is 4. The van der Waals surface area contributed by atoms with Crippen LogP contribution in [0.25, 0.3) is 17.3 Å². The summed E-state index contributed by atoms with van der Waals surface area (Å²) < 4.78 is 1.54. The van der Waals surface area contributed by atoms with Crippen molar-refractivity contribution in [3.05, 3.63) is 80.2 Å². The molecule has 0 spiro atoms. The van der Waals surface area contributed by atoms with Gasteiger partial charge in [0.25, 0.3) is 5.56 Å². The number of fused-ring (bicyclic) bond motifs is 1. The largest absolute Gasteiger partial charge is 0.367 e. The highest BCUT2D eigenvalue weighted by Crippen LogP contribution is 2.28. The molecule has 0 atom stereocenters. The van der Waals surface area contributed by atoms with E-state index in [4.69, 9.17) is 0 Å². The molecule has 3 aromatic heterocycles. The first-order chi connectivity index (χ1) is 15.3. The van der Waals surface area contributed by atoms with E-state index in [0.29, 0.717) is 5.82 Å². The molecule has 0 N–H and O–H groups in total. The van der Waals surface area contributed by atoms with Crippen LogP contribution >= 0.6 is 11.3 Å². The van der Waals surface area contributed by atoms with Gasteiger partial charge in [0.1, 0.15) is 5.82 Å². The summed E-state index contributed by atoms with van der Waals surface area (Å²) in [6.07, 6.45) is 7.49. The molecular formula is C25H31N5OS. The van der Waals surface area contributed by atoms with E-state index < -0.39 is 0 Å². The molecule has 7 heteroatoms. The van der Waals surface area contributed by atoms with E-state index in [2.05, 4.69) is 51.7 Å². The lowest BCUT2D eigenvalue weighted by molar-refractivity contribution is 0.326. The molecule has 0 fully saturated rings. The smallest absolute Gasteiger partial charge is 0.253 e. The van der Waals surface area contributed by atoms with Crippen LogP contribution in [0.4, 0.5) is 0 Å². The van der Waals surface area contributed by atoms with E-state index in [1.54, 1.807) is 18.4 Å². The minimum atomic E-state index is -0.0764. The Hall–Kier alpha value is -3.06. The summed E-state index contributed by atoms with van der Waals surface area (Å²) in [6, 6.07) is 3.65. The molecule has 0 amide bonds. The third-order valence-corrected chi connectivity index (χ3v) is 6.01. The maximum Gasteiger partial charge on any atom is 0.253 e. The Morgan fingerprint density at radius 1 is 1.31 bits per heavy atom. The molecule has 0 unspecified atom stereocenters. The number of aryl methyl sites for hydroxylation is 1. The van der Waals surface area contributed by atoms with E-state index in [1.165, 1.54) is 28.8 Å². The zero-order chi connectivity index (χ0) is 23.3. The second kappa shape index (κ2) is 10.5. The number of hydrogen-bond acceptors (Lipinski definition) is 6. The van der Waals surface area contributed by atoms with Crippen molar-refractivity contribution >= 4 is 17.4 Å². The number of thiazole rings is 1. The number of hydrogen-bond donors (Lipinski definition) is 0. The van der Waals surface area contributed by atoms with E-state index in [1.807, 2.05) is 26.1 Å². The lowest BCUT2D eigenvalue weighted by Crippen LogP contribution is -2.30. The summed E-state index contributed by atoms with van der Waals surface area (Å²) >= 11 is 1.65. The standard InChI is InChI=1S/C22H23N5OS.C3H8/c1-14(9-21-23-7-5-22(28)26(21)4)15(2)27-8-6-19-18(12-27)10-17(11-24-19)20-13-29-16(3)25-20;1-3-2/h5,7,9-11,13H,2,6,8,12H2,1,3-4H3;3H2,1-2H3/b14-9-;. The van der Waals surface area contributed by atoms with Crippen molar-refractivity contribution < 1.29 is 0 Å². The molecule has 0 saturated heterocycles. The van der Waals surface area contributed by atoms with Crippen molar-refractivity contribution in [2.75, 3.05) is 6.54 Å². The number of allylic oxidation sites excluding steroid dienone is 1. The van der Waals surface area contributed by atoms with Crippen LogP contribution < -0.4 is 5.56 Å². The van der Waals surface area contributed by atoms with E-state index in [-0.39, 0.29) is 5.56 Å². The summed E-state index contributed by atoms with van der Waals surface area (Å²) in [5.41, 5.74) is 6.22. The topological polar surface area (TPSA) is 63.9 Å². The van der Waals surface area contributed by atoms with Gasteiger partial charge in [0.15, 0.2) is 0 Å². The van der Waals surface area contributed by atoms with Gasteiger partial charge in [-0.1, -0.05) is 26.8 Å². The number of rotatable bonds is 4. The third-order valence-electron chi connectivity index (χ3n) is 5.24. The fourth-order valence-corrected chi connectivity index (χ4v) is 4.06. The molecule has 4 heterocycles. The maximum absolute atomic E-state index is 11.8. The summed E-state index contributed by atoms with van der Waals surface area (Å²) in [4.78, 5) is 27.6. The first kappa shape index (κ1) is 23.6. The van der Waals surface area contributed by atoms with Crippen LogP contribution in [0.15, 0.2) is 52.6 Å². The number of pyridine rings is 1. The second-order valence-electron chi connectivity index (χ2n) is 7.93. The van der Waals surface area contributed by atoms with Gasteiger partial charge in [-0.15, -0.1) is 11.3 Å². The fourth-order valence-electron chi connectivity index (χ4n) is 3.44. The van der Waals surface area contributed by atoms with Crippen LogP contribution in [0, 0.1) is 6.92 Å². The highest BCUT2D eigenvalue weighted by molar-refractivity contribution is 7.09. The van der Waals surface area contributed by atoms with Crippen molar-refractivity contribution in [1.82, 2.24) is 24.4 Å². The summed E-state index contributed by atoms with van der Waals surface area (Å²) in [5.74, 6) is 0.622. The van der Waals surface area contributed by atoms with Crippen molar-refractivity contribution in [3.63, 3.8) is 0 Å². The van der Waals surface area contributed by atoms with E-state index in [0.717, 1.165) is 52.7 Å². The molecule has 168 valence electrons. The molecule has 4 rings (SSSR count). The van der Waals surface area contributed by atoms with Crippen molar-refractivity contribution in [2.45, 2.75) is 47.1 Å². The van der Waals surface area contributed by atoms with Gasteiger partial charge in [-0.3, -0.25) is 14.3 Å². The molecule has 1 aliphatic rings. The first-order valence-electron chi connectivity index (χ1n) is 10.9. The molecule has 32 heavy (non-hydrogen) atoms. The molecule has 0 aromatic carbocycles. The SMILES string of the molecule is C=C(/C(C)=C\c1nccc(=O)n1C)N1CCc2ncc(-c3csc(C)n3)cc2C1.CCC. The van der Waals surface area contributed by atoms with Crippen LogP contribution in [0.2, 0.25) is 0 Å². The average Bonchev–Trinajstić information content (AvgIpc) is 3.22. The maximum atomic E-state index is 11.8. The molecule has 0 radical (unpaired) electrons. The summed E-state index contributed by atoms with van der Waals surface area (Å²) in [6.45, 7) is 14.2. The normalized spacial score (nSPS) is 13.3. The number of nitrogens with zero attached hydrogens (tertiary/aromatic N) is 5. The van der Waals surface area contributed by atoms with Gasteiger partial charge >= 0.3 is 0 Å². The van der Waals surface area contributed by atoms with Gasteiger partial charge in [0.2, 0.25) is 0 Å². The van der Waals surface area contributed by atoms with Crippen LogP contribution in [0.5, 0.6) is 0 Å². The van der Waals surface area contributed by atoms with Crippen LogP contribution in [0.1, 0.15) is 49.3 Å². The Morgan fingerprint density at radius 3 is 2.75 bits per heavy atom. The average molecular weight is 450 g/mol. The quantitative estimate of drug-likeness (QED) is 0.525. The van der Waals surface area contributed by atoms with Gasteiger partial charge in [0, 0.05) is 67.4 Å². The summed E-state index contributed by atoms with van der Waals surface area (Å²) in [7, 11) is 1.72. The first-order valence-corrected chi connectivity index (χ1v) is 11.8. The Labute approximate surface area is 194 Å². The predicted molar refractivity (Wildman–Crippen MR) is 132 cm³/mol. The van der Waals surface area contributed by atoms with Gasteiger partial charge in [-0.2, -0.15) is 0 Å². The predicted octanol–water partition coefficient (Wildman–Crippen LogP) is 5.00. The Kier molecular flexibility index (Phi) is 7.75. The third kappa shape index (κ3) is 5.40. The lowest BCUT2D eigenvalue weighted by Gasteiger charge is -2.32. The van der Waals surface area contributed by atoms with Crippen LogP contribution in [-0.4, -0.2) is 31.0 Å². The highest BCUT2D eigenvalue weighted by atomic mass is 32.1. The van der Waals surface area contributed by atoms with Gasteiger partial charge < -0.3 is 4.90 Å². The molecule has 6 nitrogen and oxygen atoms in total.